The first-order valence-corrected chi connectivity index (χ1v) is 10.8. The molecule has 158 valence electrons. The lowest BCUT2D eigenvalue weighted by Gasteiger charge is -2.43. The number of hydrogen-bond donors (Lipinski definition) is 1. The fourth-order valence-electron chi connectivity index (χ4n) is 4.58. The van der Waals surface area contributed by atoms with E-state index in [2.05, 4.69) is 47.9 Å². The molecule has 2 aliphatic heterocycles. The molecule has 1 saturated heterocycles. The van der Waals surface area contributed by atoms with Crippen molar-refractivity contribution in [2.45, 2.75) is 19.4 Å². The number of para-hydroxylation sites is 1. The molecule has 1 amide bonds. The summed E-state index contributed by atoms with van der Waals surface area (Å²) in [5, 5.41) is 9.17. The average molecular weight is 406 g/mol. The Balaban J connectivity index is 1.60. The Bertz CT molecular complexity index is 915. The molecule has 2 aromatic carbocycles. The van der Waals surface area contributed by atoms with Gasteiger partial charge in [0.2, 0.25) is 0 Å². The second-order valence-corrected chi connectivity index (χ2v) is 8.69. The highest BCUT2D eigenvalue weighted by molar-refractivity contribution is 6.10. The molecule has 0 aromatic heterocycles. The summed E-state index contributed by atoms with van der Waals surface area (Å²) >= 11 is 0. The van der Waals surface area contributed by atoms with Crippen LogP contribution in [0.1, 0.15) is 29.8 Å². The number of β-amino-alcohol motifs (C(OH)–C–C–N with tert-alkyl or cyclic N) is 1. The number of aliphatic hydroxyl groups excluding tert-OH is 1. The highest BCUT2D eigenvalue weighted by atomic mass is 16.3. The van der Waals surface area contributed by atoms with Crippen molar-refractivity contribution >= 4 is 17.2 Å². The van der Waals surface area contributed by atoms with Crippen LogP contribution in [0.5, 0.6) is 0 Å². The summed E-state index contributed by atoms with van der Waals surface area (Å²) in [5.41, 5.74) is 3.68. The van der Waals surface area contributed by atoms with E-state index in [-0.39, 0.29) is 12.5 Å². The van der Waals surface area contributed by atoms with Gasteiger partial charge in [0.05, 0.1) is 17.8 Å². The third-order valence-electron chi connectivity index (χ3n) is 6.09. The molecule has 2 heterocycles. The molecule has 0 aliphatic carbocycles. The Labute approximate surface area is 179 Å². The van der Waals surface area contributed by atoms with E-state index in [4.69, 9.17) is 5.11 Å². The fourth-order valence-corrected chi connectivity index (χ4v) is 4.58. The topological polar surface area (TPSA) is 47.0 Å². The largest absolute Gasteiger partial charge is 0.395 e. The zero-order valence-electron chi connectivity index (χ0n) is 17.9. The van der Waals surface area contributed by atoms with Crippen LogP contribution in [-0.4, -0.2) is 72.2 Å². The second kappa shape index (κ2) is 8.72. The summed E-state index contributed by atoms with van der Waals surface area (Å²) in [5.74, 6) is 0.0287. The first kappa shape index (κ1) is 20.8. The quantitative estimate of drug-likeness (QED) is 0.830. The van der Waals surface area contributed by atoms with Crippen LogP contribution in [0.25, 0.3) is 5.57 Å². The van der Waals surface area contributed by atoms with Gasteiger partial charge in [-0.15, -0.1) is 0 Å². The van der Waals surface area contributed by atoms with E-state index >= 15 is 0 Å². The number of anilines is 1. The Kier molecular flexibility index (Phi) is 6.04. The van der Waals surface area contributed by atoms with Gasteiger partial charge in [0, 0.05) is 50.4 Å². The van der Waals surface area contributed by atoms with Crippen LogP contribution < -0.4 is 4.90 Å². The molecule has 4 rings (SSSR count). The van der Waals surface area contributed by atoms with E-state index < -0.39 is 5.54 Å². The molecule has 0 spiro atoms. The van der Waals surface area contributed by atoms with E-state index in [1.54, 1.807) is 0 Å². The third-order valence-corrected chi connectivity index (χ3v) is 6.09. The molecule has 2 aliphatic rings. The number of nitrogens with zero attached hydrogens (tertiary/aromatic N) is 3. The number of fused-ring (bicyclic) bond motifs is 1. The molecule has 2 aromatic rings. The summed E-state index contributed by atoms with van der Waals surface area (Å²) in [6.45, 7) is 10.0. The predicted octanol–water partition coefficient (Wildman–Crippen LogP) is 3.12. The minimum atomic E-state index is -0.421. The number of benzene rings is 2. The van der Waals surface area contributed by atoms with Gasteiger partial charge in [-0.3, -0.25) is 19.5 Å². The van der Waals surface area contributed by atoms with Gasteiger partial charge in [-0.05, 0) is 37.6 Å². The molecular formula is C25H31N3O2. The number of rotatable bonds is 5. The lowest BCUT2D eigenvalue weighted by molar-refractivity contribution is 0.0969. The van der Waals surface area contributed by atoms with Crippen molar-refractivity contribution in [2.75, 3.05) is 50.8 Å². The van der Waals surface area contributed by atoms with Crippen molar-refractivity contribution in [3.05, 3.63) is 71.8 Å². The van der Waals surface area contributed by atoms with Crippen molar-refractivity contribution in [2.24, 2.45) is 0 Å². The van der Waals surface area contributed by atoms with Crippen LogP contribution in [0.2, 0.25) is 0 Å². The van der Waals surface area contributed by atoms with Crippen LogP contribution in [0.3, 0.4) is 0 Å². The van der Waals surface area contributed by atoms with Crippen LogP contribution in [0.15, 0.2) is 60.7 Å². The van der Waals surface area contributed by atoms with Crippen molar-refractivity contribution in [1.29, 1.82) is 0 Å². The standard InChI is InChI=1S/C25H31N3O2/c1-25(2)18-21(19-27-14-12-26(13-15-27)16-17-29)22-10-6-7-11-23(22)28(25)24(30)20-8-4-3-5-9-20/h3-11,18,29H,12-17,19H2,1-2H3. The molecule has 0 atom stereocenters. The monoisotopic (exact) mass is 405 g/mol. The summed E-state index contributed by atoms with van der Waals surface area (Å²) < 4.78 is 0. The maximum Gasteiger partial charge on any atom is 0.259 e. The van der Waals surface area contributed by atoms with Crippen molar-refractivity contribution in [3.63, 3.8) is 0 Å². The molecule has 0 bridgehead atoms. The summed E-state index contributed by atoms with van der Waals surface area (Å²) in [6, 6.07) is 17.8. The van der Waals surface area contributed by atoms with Gasteiger partial charge < -0.3 is 5.11 Å². The summed E-state index contributed by atoms with van der Waals surface area (Å²) in [4.78, 5) is 20.1. The number of piperazine rings is 1. The number of aliphatic hydroxyl groups is 1. The van der Waals surface area contributed by atoms with E-state index in [0.29, 0.717) is 5.56 Å². The van der Waals surface area contributed by atoms with Gasteiger partial charge in [0.25, 0.3) is 5.91 Å². The van der Waals surface area contributed by atoms with Gasteiger partial charge in [-0.2, -0.15) is 0 Å². The van der Waals surface area contributed by atoms with Crippen LogP contribution >= 0.6 is 0 Å². The van der Waals surface area contributed by atoms with Crippen LogP contribution in [0.4, 0.5) is 5.69 Å². The summed E-state index contributed by atoms with van der Waals surface area (Å²) in [7, 11) is 0. The highest BCUT2D eigenvalue weighted by Gasteiger charge is 2.37. The minimum Gasteiger partial charge on any atom is -0.395 e. The molecular weight excluding hydrogens is 374 g/mol. The Hall–Kier alpha value is -2.47. The van der Waals surface area contributed by atoms with Crippen molar-refractivity contribution in [3.8, 4) is 0 Å². The number of hydrogen-bond acceptors (Lipinski definition) is 4. The SMILES string of the molecule is CC1(C)C=C(CN2CCN(CCO)CC2)c2ccccc2N1C(=O)c1ccccc1. The van der Waals surface area contributed by atoms with Gasteiger partial charge >= 0.3 is 0 Å². The molecule has 0 radical (unpaired) electrons. The molecule has 5 heteroatoms. The smallest absolute Gasteiger partial charge is 0.259 e. The lowest BCUT2D eigenvalue weighted by atomic mass is 9.87. The molecule has 30 heavy (non-hydrogen) atoms. The van der Waals surface area contributed by atoms with Gasteiger partial charge in [-0.1, -0.05) is 42.5 Å². The third kappa shape index (κ3) is 4.19. The van der Waals surface area contributed by atoms with E-state index in [0.717, 1.165) is 50.5 Å². The highest BCUT2D eigenvalue weighted by Crippen LogP contribution is 2.40. The molecule has 1 N–H and O–H groups in total. The molecule has 0 saturated carbocycles. The number of carbonyl (C=O) groups is 1. The van der Waals surface area contributed by atoms with E-state index in [1.165, 1.54) is 5.57 Å². The summed E-state index contributed by atoms with van der Waals surface area (Å²) in [6.07, 6.45) is 2.26. The molecule has 1 fully saturated rings. The predicted molar refractivity (Wildman–Crippen MR) is 122 cm³/mol. The maximum atomic E-state index is 13.4. The van der Waals surface area contributed by atoms with E-state index in [1.807, 2.05) is 41.3 Å². The Morgan fingerprint density at radius 3 is 2.27 bits per heavy atom. The van der Waals surface area contributed by atoms with Crippen molar-refractivity contribution < 1.29 is 9.90 Å². The molecule has 5 nitrogen and oxygen atoms in total. The normalized spacial score (nSPS) is 19.3. The maximum absolute atomic E-state index is 13.4. The Morgan fingerprint density at radius 1 is 0.933 bits per heavy atom. The van der Waals surface area contributed by atoms with Crippen LogP contribution in [-0.2, 0) is 0 Å². The van der Waals surface area contributed by atoms with E-state index in [9.17, 15) is 4.79 Å². The number of amides is 1. The zero-order valence-corrected chi connectivity index (χ0v) is 17.9. The average Bonchev–Trinajstić information content (AvgIpc) is 2.75. The fraction of sp³-hybridized carbons (Fsp3) is 0.400. The first-order chi connectivity index (χ1) is 14.5. The van der Waals surface area contributed by atoms with Crippen molar-refractivity contribution in [1.82, 2.24) is 9.80 Å². The van der Waals surface area contributed by atoms with Gasteiger partial charge in [-0.25, -0.2) is 0 Å². The van der Waals surface area contributed by atoms with Gasteiger partial charge in [0.15, 0.2) is 0 Å². The first-order valence-electron chi connectivity index (χ1n) is 10.8. The zero-order chi connectivity index (χ0) is 21.1. The Morgan fingerprint density at radius 2 is 1.57 bits per heavy atom. The minimum absolute atomic E-state index is 0.0287. The number of carbonyl (C=O) groups excluding carboxylic acids is 1. The lowest BCUT2D eigenvalue weighted by Crippen LogP contribution is -2.50. The van der Waals surface area contributed by atoms with Crippen LogP contribution in [0, 0.1) is 0 Å². The van der Waals surface area contributed by atoms with Gasteiger partial charge in [0.1, 0.15) is 0 Å². The second-order valence-electron chi connectivity index (χ2n) is 8.69. The molecule has 0 unspecified atom stereocenters.